The van der Waals surface area contributed by atoms with E-state index >= 15 is 0 Å². The van der Waals surface area contributed by atoms with Gasteiger partial charge in [0, 0.05) is 5.69 Å². The Kier molecular flexibility index (Phi) is 6.36. The van der Waals surface area contributed by atoms with E-state index in [9.17, 15) is 14.4 Å². The van der Waals surface area contributed by atoms with E-state index in [0.717, 1.165) is 10.5 Å². The van der Waals surface area contributed by atoms with Crippen LogP contribution < -0.4 is 20.1 Å². The number of carbonyl (C=O) groups excluding carboxylic acids is 3. The van der Waals surface area contributed by atoms with Gasteiger partial charge in [0.05, 0.1) is 13.7 Å². The molecule has 0 saturated carbocycles. The first kappa shape index (κ1) is 20.9. The number of amides is 4. The molecule has 2 aromatic rings. The highest BCUT2D eigenvalue weighted by Crippen LogP contribution is 2.29. The van der Waals surface area contributed by atoms with Gasteiger partial charge in [-0.3, -0.25) is 9.59 Å². The minimum Gasteiger partial charge on any atom is -0.493 e. The number of anilines is 1. The van der Waals surface area contributed by atoms with Crippen LogP contribution in [0.1, 0.15) is 18.1 Å². The number of hydrogen-bond acceptors (Lipinski definition) is 5. The number of ether oxygens (including phenoxy) is 2. The third-order valence-corrected chi connectivity index (χ3v) is 4.36. The topological polar surface area (TPSA) is 97.0 Å². The Balaban J connectivity index is 1.71. The largest absolute Gasteiger partial charge is 0.493 e. The number of nitrogens with zero attached hydrogens (tertiary/aromatic N) is 1. The predicted octanol–water partition coefficient (Wildman–Crippen LogP) is 2.93. The Labute approximate surface area is 174 Å². The molecule has 1 saturated heterocycles. The van der Waals surface area contributed by atoms with Crippen molar-refractivity contribution in [2.75, 3.05) is 25.6 Å². The summed E-state index contributed by atoms with van der Waals surface area (Å²) in [5.74, 6) is 0.0519. The van der Waals surface area contributed by atoms with Crippen molar-refractivity contribution < 1.29 is 23.9 Å². The molecule has 3 rings (SSSR count). The van der Waals surface area contributed by atoms with Crippen molar-refractivity contribution in [1.29, 1.82) is 0 Å². The van der Waals surface area contributed by atoms with Crippen molar-refractivity contribution >= 4 is 29.6 Å². The van der Waals surface area contributed by atoms with Crippen LogP contribution in [-0.2, 0) is 9.59 Å². The van der Waals surface area contributed by atoms with Crippen LogP contribution in [0.2, 0.25) is 0 Å². The van der Waals surface area contributed by atoms with Gasteiger partial charge in [0.2, 0.25) is 5.91 Å². The van der Waals surface area contributed by atoms with Crippen molar-refractivity contribution in [1.82, 2.24) is 10.2 Å². The monoisotopic (exact) mass is 409 g/mol. The number of rotatable bonds is 7. The van der Waals surface area contributed by atoms with Crippen LogP contribution >= 0.6 is 0 Å². The fraction of sp³-hybridized carbons (Fsp3) is 0.227. The fourth-order valence-corrected chi connectivity index (χ4v) is 3.00. The minimum absolute atomic E-state index is 0.0783. The molecular weight excluding hydrogens is 386 g/mol. The molecule has 0 radical (unpaired) electrons. The summed E-state index contributed by atoms with van der Waals surface area (Å²) in [7, 11) is 1.52. The van der Waals surface area contributed by atoms with Crippen molar-refractivity contribution in [3.63, 3.8) is 0 Å². The van der Waals surface area contributed by atoms with E-state index in [1.54, 1.807) is 30.3 Å². The molecule has 2 aromatic carbocycles. The smallest absolute Gasteiger partial charge is 0.329 e. The zero-order chi connectivity index (χ0) is 21.7. The van der Waals surface area contributed by atoms with Crippen LogP contribution in [0.5, 0.6) is 11.5 Å². The lowest BCUT2D eigenvalue weighted by Crippen LogP contribution is -2.38. The fourth-order valence-electron chi connectivity index (χ4n) is 3.00. The summed E-state index contributed by atoms with van der Waals surface area (Å²) in [5.41, 5.74) is 2.31. The van der Waals surface area contributed by atoms with Crippen LogP contribution in [0.25, 0.3) is 6.08 Å². The first-order chi connectivity index (χ1) is 14.4. The third kappa shape index (κ3) is 4.78. The SMILES string of the molecule is CCOc1ccc(/C=C2/NC(=O)N(CC(=O)Nc3cccc(C)c3)C2=O)cc1OC. The van der Waals surface area contributed by atoms with E-state index in [1.165, 1.54) is 13.2 Å². The van der Waals surface area contributed by atoms with E-state index in [-0.39, 0.29) is 12.2 Å². The van der Waals surface area contributed by atoms with Gasteiger partial charge in [0.1, 0.15) is 12.2 Å². The van der Waals surface area contributed by atoms with Crippen LogP contribution in [-0.4, -0.2) is 43.0 Å². The molecule has 1 fully saturated rings. The van der Waals surface area contributed by atoms with Crippen molar-refractivity contribution in [2.45, 2.75) is 13.8 Å². The summed E-state index contributed by atoms with van der Waals surface area (Å²) < 4.78 is 10.8. The maximum atomic E-state index is 12.6. The molecule has 4 amide bonds. The molecule has 30 heavy (non-hydrogen) atoms. The van der Waals surface area contributed by atoms with Gasteiger partial charge in [0.25, 0.3) is 5.91 Å². The molecule has 8 heteroatoms. The van der Waals surface area contributed by atoms with Crippen molar-refractivity contribution in [2.24, 2.45) is 0 Å². The lowest BCUT2D eigenvalue weighted by atomic mass is 10.1. The first-order valence-corrected chi connectivity index (χ1v) is 9.43. The number of nitrogens with one attached hydrogen (secondary N) is 2. The number of aryl methyl sites for hydroxylation is 1. The van der Waals surface area contributed by atoms with Crippen LogP contribution in [0, 0.1) is 6.92 Å². The number of benzene rings is 2. The van der Waals surface area contributed by atoms with Gasteiger partial charge in [-0.2, -0.15) is 0 Å². The second-order valence-electron chi connectivity index (χ2n) is 6.64. The molecule has 8 nitrogen and oxygen atoms in total. The quantitative estimate of drug-likeness (QED) is 0.541. The summed E-state index contributed by atoms with van der Waals surface area (Å²) in [6.07, 6.45) is 1.52. The minimum atomic E-state index is -0.649. The Bertz CT molecular complexity index is 1020. The lowest BCUT2D eigenvalue weighted by Gasteiger charge is -2.12. The Hall–Kier alpha value is -3.81. The highest BCUT2D eigenvalue weighted by molar-refractivity contribution is 6.15. The van der Waals surface area contributed by atoms with Gasteiger partial charge in [-0.25, -0.2) is 9.69 Å². The molecule has 2 N–H and O–H groups in total. The van der Waals surface area contributed by atoms with Crippen molar-refractivity contribution in [3.8, 4) is 11.5 Å². The molecule has 0 atom stereocenters. The van der Waals surface area contributed by atoms with E-state index in [2.05, 4.69) is 10.6 Å². The normalized spacial score (nSPS) is 14.6. The van der Waals surface area contributed by atoms with E-state index in [0.29, 0.717) is 29.4 Å². The number of urea groups is 1. The summed E-state index contributed by atoms with van der Waals surface area (Å²) in [5, 5.41) is 5.19. The van der Waals surface area contributed by atoms with Gasteiger partial charge in [-0.1, -0.05) is 18.2 Å². The van der Waals surface area contributed by atoms with Gasteiger partial charge in [-0.05, 0) is 55.3 Å². The van der Waals surface area contributed by atoms with Crippen LogP contribution in [0.15, 0.2) is 48.2 Å². The number of methoxy groups -OCH3 is 1. The summed E-state index contributed by atoms with van der Waals surface area (Å²) in [6.45, 7) is 3.87. The van der Waals surface area contributed by atoms with Gasteiger partial charge in [0.15, 0.2) is 11.5 Å². The molecule has 1 heterocycles. The molecule has 1 aliphatic rings. The molecule has 0 bridgehead atoms. The first-order valence-electron chi connectivity index (χ1n) is 9.43. The molecular formula is C22H23N3O5. The number of carbonyl (C=O) groups is 3. The second kappa shape index (κ2) is 9.13. The van der Waals surface area contributed by atoms with Crippen LogP contribution in [0.3, 0.4) is 0 Å². The zero-order valence-corrected chi connectivity index (χ0v) is 17.0. The summed E-state index contributed by atoms with van der Waals surface area (Å²) in [6, 6.07) is 11.8. The molecule has 1 aliphatic heterocycles. The van der Waals surface area contributed by atoms with E-state index < -0.39 is 17.8 Å². The predicted molar refractivity (Wildman–Crippen MR) is 112 cm³/mol. The Morgan fingerprint density at radius 2 is 1.97 bits per heavy atom. The molecule has 0 spiro atoms. The van der Waals surface area contributed by atoms with Gasteiger partial charge in [-0.15, -0.1) is 0 Å². The van der Waals surface area contributed by atoms with Crippen LogP contribution in [0.4, 0.5) is 10.5 Å². The van der Waals surface area contributed by atoms with Crippen molar-refractivity contribution in [3.05, 3.63) is 59.3 Å². The van der Waals surface area contributed by atoms with Gasteiger partial charge < -0.3 is 20.1 Å². The van der Waals surface area contributed by atoms with E-state index in [1.807, 2.05) is 26.0 Å². The number of imide groups is 1. The third-order valence-electron chi connectivity index (χ3n) is 4.36. The Morgan fingerprint density at radius 1 is 1.17 bits per heavy atom. The maximum absolute atomic E-state index is 12.6. The highest BCUT2D eigenvalue weighted by atomic mass is 16.5. The lowest BCUT2D eigenvalue weighted by molar-refractivity contribution is -0.127. The molecule has 0 aliphatic carbocycles. The molecule has 0 aromatic heterocycles. The average Bonchev–Trinajstić information content (AvgIpc) is 2.96. The second-order valence-corrected chi connectivity index (χ2v) is 6.64. The maximum Gasteiger partial charge on any atom is 0.329 e. The van der Waals surface area contributed by atoms with Gasteiger partial charge >= 0.3 is 6.03 Å². The zero-order valence-electron chi connectivity index (χ0n) is 17.0. The standard InChI is InChI=1S/C22H23N3O5/c1-4-30-18-9-8-15(12-19(18)29-3)11-17-21(27)25(22(28)24-17)13-20(26)23-16-7-5-6-14(2)10-16/h5-12H,4,13H2,1-3H3,(H,23,26)(H,24,28)/b17-11+. The summed E-state index contributed by atoms with van der Waals surface area (Å²) >= 11 is 0. The summed E-state index contributed by atoms with van der Waals surface area (Å²) in [4.78, 5) is 38.0. The molecule has 0 unspecified atom stereocenters. The number of hydrogen-bond donors (Lipinski definition) is 2. The Morgan fingerprint density at radius 3 is 2.67 bits per heavy atom. The highest BCUT2D eigenvalue weighted by Gasteiger charge is 2.35. The molecule has 156 valence electrons. The average molecular weight is 409 g/mol. The van der Waals surface area contributed by atoms with E-state index in [4.69, 9.17) is 9.47 Å².